The van der Waals surface area contributed by atoms with E-state index in [4.69, 9.17) is 5.73 Å². The predicted molar refractivity (Wildman–Crippen MR) is 125 cm³/mol. The molecule has 4 rings (SSSR count). The van der Waals surface area contributed by atoms with Gasteiger partial charge in [0.2, 0.25) is 0 Å². The van der Waals surface area contributed by atoms with Gasteiger partial charge in [0, 0.05) is 31.1 Å². The predicted octanol–water partition coefficient (Wildman–Crippen LogP) is 4.17. The molecule has 4 N–H and O–H groups in total. The van der Waals surface area contributed by atoms with Gasteiger partial charge in [-0.3, -0.25) is 9.78 Å². The minimum atomic E-state index is -3.69. The molecule has 6 nitrogen and oxygen atoms in total. The van der Waals surface area contributed by atoms with Crippen LogP contribution in [0.15, 0.2) is 54.0 Å². The van der Waals surface area contributed by atoms with Crippen molar-refractivity contribution in [2.24, 2.45) is 11.7 Å². The van der Waals surface area contributed by atoms with Crippen LogP contribution >= 0.6 is 0 Å². The van der Waals surface area contributed by atoms with E-state index in [0.29, 0.717) is 24.5 Å². The number of aliphatic hydroxyl groups excluding tert-OH is 1. The summed E-state index contributed by atoms with van der Waals surface area (Å²) in [6, 6.07) is 6.11. The van der Waals surface area contributed by atoms with Crippen LogP contribution in [-0.2, 0) is 11.4 Å². The number of carbonyl (C=O) groups is 1. The topological polar surface area (TPSA) is 91.5 Å². The molecule has 1 aromatic heterocycles. The molecule has 1 aliphatic carbocycles. The third-order valence-electron chi connectivity index (χ3n) is 6.15. The lowest BCUT2D eigenvalue weighted by molar-refractivity contribution is -0.112. The Morgan fingerprint density at radius 2 is 2.03 bits per heavy atom. The Morgan fingerprint density at radius 1 is 1.29 bits per heavy atom. The highest BCUT2D eigenvalue weighted by atomic mass is 19.3. The van der Waals surface area contributed by atoms with E-state index in [2.05, 4.69) is 10.3 Å². The fraction of sp³-hybridized carbons (Fsp3) is 0.360. The first-order valence-electron chi connectivity index (χ1n) is 11.3. The number of alkyl halides is 2. The van der Waals surface area contributed by atoms with Crippen LogP contribution in [0, 0.1) is 11.7 Å². The highest BCUT2D eigenvalue weighted by Crippen LogP contribution is 2.45. The van der Waals surface area contributed by atoms with E-state index in [-0.39, 0.29) is 24.3 Å². The molecule has 35 heavy (non-hydrogen) atoms. The van der Waals surface area contributed by atoms with Crippen molar-refractivity contribution in [2.45, 2.75) is 38.3 Å². The highest BCUT2D eigenvalue weighted by molar-refractivity contribution is 6.10. The van der Waals surface area contributed by atoms with Crippen LogP contribution in [-0.4, -0.2) is 41.1 Å². The molecule has 186 valence electrons. The maximum absolute atomic E-state index is 15.3. The quantitative estimate of drug-likeness (QED) is 0.548. The highest BCUT2D eigenvalue weighted by Gasteiger charge is 2.43. The Bertz CT molecular complexity index is 1190. The van der Waals surface area contributed by atoms with Crippen molar-refractivity contribution in [1.82, 2.24) is 4.98 Å². The van der Waals surface area contributed by atoms with E-state index in [1.165, 1.54) is 18.3 Å². The number of pyridine rings is 1. The minimum Gasteiger partial charge on any atom is -0.390 e. The average Bonchev–Trinajstić information content (AvgIpc) is 2.79. The SMILES string of the molecule is C[C@@H]1C[C@H](N)CN(c2cc(CO)ncc2NC(=O)C2=CCC(F)(F)C(c3ccccc3F)=C2F)C1. The molecule has 1 aromatic carbocycles. The summed E-state index contributed by atoms with van der Waals surface area (Å²) in [5, 5.41) is 12.1. The van der Waals surface area contributed by atoms with Crippen LogP contribution in [0.25, 0.3) is 5.57 Å². The summed E-state index contributed by atoms with van der Waals surface area (Å²) in [5.74, 6) is -6.90. The van der Waals surface area contributed by atoms with Crippen LogP contribution in [0.4, 0.5) is 28.9 Å². The number of halogens is 4. The first-order valence-corrected chi connectivity index (χ1v) is 11.3. The number of benzene rings is 1. The van der Waals surface area contributed by atoms with Crippen molar-refractivity contribution < 1.29 is 27.5 Å². The second-order valence-corrected chi connectivity index (χ2v) is 9.01. The standard InChI is InChI=1S/C25H26F4N4O2/c1-14-8-15(30)12-33(11-14)21-9-16(13-34)31-10-20(21)32-24(35)18-6-7-25(28,29)22(23(18)27)17-4-2-3-5-19(17)26/h2-6,9-10,14-15,34H,7-8,11-13,30H2,1H3,(H,32,35)/t14-,15+/m1/s1. The van der Waals surface area contributed by atoms with Gasteiger partial charge in [-0.25, -0.2) is 17.6 Å². The maximum Gasteiger partial charge on any atom is 0.280 e. The van der Waals surface area contributed by atoms with Crippen LogP contribution in [0.3, 0.4) is 0 Å². The van der Waals surface area contributed by atoms with Gasteiger partial charge in [0.05, 0.1) is 41.0 Å². The van der Waals surface area contributed by atoms with Crippen molar-refractivity contribution in [2.75, 3.05) is 23.3 Å². The molecule has 1 fully saturated rings. The Labute approximate surface area is 200 Å². The number of nitrogens with one attached hydrogen (secondary N) is 1. The number of rotatable bonds is 5. The summed E-state index contributed by atoms with van der Waals surface area (Å²) in [6.45, 7) is 2.82. The zero-order valence-corrected chi connectivity index (χ0v) is 19.1. The third kappa shape index (κ3) is 5.08. The van der Waals surface area contributed by atoms with Gasteiger partial charge in [0.15, 0.2) is 0 Å². The van der Waals surface area contributed by atoms with Gasteiger partial charge in [-0.2, -0.15) is 0 Å². The van der Waals surface area contributed by atoms with Gasteiger partial charge in [-0.05, 0) is 24.5 Å². The molecule has 2 heterocycles. The van der Waals surface area contributed by atoms with E-state index >= 15 is 4.39 Å². The maximum atomic E-state index is 15.3. The molecule has 0 saturated carbocycles. The van der Waals surface area contributed by atoms with Crippen molar-refractivity contribution in [1.29, 1.82) is 0 Å². The molecule has 2 atom stereocenters. The van der Waals surface area contributed by atoms with Crippen LogP contribution in [0.2, 0.25) is 0 Å². The molecule has 2 aliphatic rings. The summed E-state index contributed by atoms with van der Waals surface area (Å²) in [4.78, 5) is 19.1. The normalized spacial score (nSPS) is 22.1. The largest absolute Gasteiger partial charge is 0.390 e. The molecule has 0 spiro atoms. The number of piperidine rings is 1. The van der Waals surface area contributed by atoms with E-state index in [1.807, 2.05) is 11.8 Å². The van der Waals surface area contributed by atoms with Gasteiger partial charge < -0.3 is 21.1 Å². The number of nitrogens with two attached hydrogens (primary N) is 1. The summed E-state index contributed by atoms with van der Waals surface area (Å²) >= 11 is 0. The molecule has 0 unspecified atom stereocenters. The fourth-order valence-electron chi connectivity index (χ4n) is 4.61. The number of amides is 1. The molecule has 1 aliphatic heterocycles. The second kappa shape index (κ2) is 9.79. The smallest absolute Gasteiger partial charge is 0.280 e. The van der Waals surface area contributed by atoms with Crippen molar-refractivity contribution in [3.05, 3.63) is 71.1 Å². The first-order chi connectivity index (χ1) is 16.6. The molecule has 1 saturated heterocycles. The molecular formula is C25H26F4N4O2. The first kappa shape index (κ1) is 24.9. The third-order valence-corrected chi connectivity index (χ3v) is 6.15. The summed E-state index contributed by atoms with van der Waals surface area (Å²) < 4.78 is 58.8. The van der Waals surface area contributed by atoms with Crippen LogP contribution in [0.1, 0.15) is 31.0 Å². The monoisotopic (exact) mass is 490 g/mol. The van der Waals surface area contributed by atoms with E-state index < -0.39 is 46.6 Å². The number of hydrogen-bond acceptors (Lipinski definition) is 5. The molecule has 0 bridgehead atoms. The summed E-state index contributed by atoms with van der Waals surface area (Å²) in [5.41, 5.74) is 4.88. The lowest BCUT2D eigenvalue weighted by Crippen LogP contribution is -2.46. The minimum absolute atomic E-state index is 0.111. The average molecular weight is 491 g/mol. The fourth-order valence-corrected chi connectivity index (χ4v) is 4.61. The van der Waals surface area contributed by atoms with Gasteiger partial charge >= 0.3 is 0 Å². The number of aromatic nitrogens is 1. The summed E-state index contributed by atoms with van der Waals surface area (Å²) in [6.07, 6.45) is 2.00. The molecule has 1 amide bonds. The Morgan fingerprint density at radius 3 is 2.71 bits per heavy atom. The van der Waals surface area contributed by atoms with E-state index in [9.17, 15) is 23.1 Å². The number of nitrogens with zero attached hydrogens (tertiary/aromatic N) is 2. The number of allylic oxidation sites excluding steroid dienone is 2. The Hall–Kier alpha value is -3.24. The van der Waals surface area contributed by atoms with E-state index in [0.717, 1.165) is 24.6 Å². The second-order valence-electron chi connectivity index (χ2n) is 9.01. The van der Waals surface area contributed by atoms with Crippen molar-refractivity contribution >= 4 is 22.9 Å². The zero-order valence-electron chi connectivity index (χ0n) is 19.1. The van der Waals surface area contributed by atoms with Gasteiger partial charge in [-0.1, -0.05) is 31.2 Å². The zero-order chi connectivity index (χ0) is 25.3. The molecule has 2 aromatic rings. The van der Waals surface area contributed by atoms with Crippen molar-refractivity contribution in [3.63, 3.8) is 0 Å². The van der Waals surface area contributed by atoms with Crippen LogP contribution in [0.5, 0.6) is 0 Å². The van der Waals surface area contributed by atoms with Gasteiger partial charge in [-0.15, -0.1) is 0 Å². The molecule has 10 heteroatoms. The van der Waals surface area contributed by atoms with Gasteiger partial charge in [0.25, 0.3) is 11.8 Å². The lowest BCUT2D eigenvalue weighted by atomic mass is 9.88. The molecule has 0 radical (unpaired) electrons. The van der Waals surface area contributed by atoms with Crippen LogP contribution < -0.4 is 16.0 Å². The lowest BCUT2D eigenvalue weighted by Gasteiger charge is -2.37. The number of anilines is 2. The molecular weight excluding hydrogens is 464 g/mol. The summed E-state index contributed by atoms with van der Waals surface area (Å²) in [7, 11) is 0. The Balaban J connectivity index is 1.68. The number of hydrogen-bond donors (Lipinski definition) is 3. The van der Waals surface area contributed by atoms with E-state index in [1.54, 1.807) is 6.07 Å². The number of carbonyl (C=O) groups excluding carboxylic acids is 1. The Kier molecular flexibility index (Phi) is 6.95. The van der Waals surface area contributed by atoms with Crippen molar-refractivity contribution in [3.8, 4) is 0 Å². The number of aliphatic hydroxyl groups is 1. The van der Waals surface area contributed by atoms with Gasteiger partial charge in [0.1, 0.15) is 11.6 Å².